The molecule has 5 nitrogen and oxygen atoms in total. The van der Waals surface area contributed by atoms with E-state index in [1.165, 1.54) is 12.1 Å². The van der Waals surface area contributed by atoms with Gasteiger partial charge in [0.25, 0.3) is 9.05 Å². The van der Waals surface area contributed by atoms with Gasteiger partial charge in [-0.25, -0.2) is 13.2 Å². The Balaban J connectivity index is 2.91. The third-order valence-electron chi connectivity index (χ3n) is 2.83. The molecule has 96 valence electrons. The summed E-state index contributed by atoms with van der Waals surface area (Å²) in [5.74, 6) is -1.10. The number of benzene rings is 1. The van der Waals surface area contributed by atoms with Gasteiger partial charge in [0.2, 0.25) is 0 Å². The van der Waals surface area contributed by atoms with Gasteiger partial charge in [0, 0.05) is 21.6 Å². The van der Waals surface area contributed by atoms with Gasteiger partial charge in [-0.3, -0.25) is 0 Å². The van der Waals surface area contributed by atoms with Crippen LogP contribution >= 0.6 is 10.7 Å². The van der Waals surface area contributed by atoms with E-state index < -0.39 is 15.0 Å². The quantitative estimate of drug-likeness (QED) is 0.830. The first-order valence-corrected chi connectivity index (χ1v) is 7.33. The standard InChI is InChI=1S/C11H10ClNO4S/c1-5-3-9(18(12,16)17)6(2)7-4-8(11(14)15)13-10(5)7/h3-4,13H,1-2H3,(H,14,15). The summed E-state index contributed by atoms with van der Waals surface area (Å²) in [6.07, 6.45) is 0. The lowest BCUT2D eigenvalue weighted by molar-refractivity contribution is 0.0691. The van der Waals surface area contributed by atoms with E-state index in [9.17, 15) is 13.2 Å². The topological polar surface area (TPSA) is 87.2 Å². The highest BCUT2D eigenvalue weighted by atomic mass is 35.7. The first-order valence-electron chi connectivity index (χ1n) is 5.02. The first-order chi connectivity index (χ1) is 8.21. The second kappa shape index (κ2) is 4.00. The Bertz CT molecular complexity index is 761. The number of aryl methyl sites for hydroxylation is 2. The van der Waals surface area contributed by atoms with Crippen LogP contribution in [0.25, 0.3) is 10.9 Å². The molecule has 0 aliphatic rings. The SMILES string of the molecule is Cc1c(S(=O)(=O)Cl)cc(C)c2[nH]c(C(=O)O)cc12. The predicted octanol–water partition coefficient (Wildman–Crippen LogP) is 2.41. The molecule has 2 N–H and O–H groups in total. The molecule has 2 aromatic rings. The van der Waals surface area contributed by atoms with E-state index >= 15 is 0 Å². The fraction of sp³-hybridized carbons (Fsp3) is 0.182. The minimum absolute atomic E-state index is 0.00473. The van der Waals surface area contributed by atoms with Crippen LogP contribution in [0, 0.1) is 13.8 Å². The van der Waals surface area contributed by atoms with Crippen molar-refractivity contribution in [1.82, 2.24) is 4.98 Å². The Morgan fingerprint density at radius 2 is 1.94 bits per heavy atom. The van der Waals surface area contributed by atoms with Gasteiger partial charge in [0.1, 0.15) is 5.69 Å². The van der Waals surface area contributed by atoms with E-state index in [0.717, 1.165) is 0 Å². The molecule has 0 saturated heterocycles. The largest absolute Gasteiger partial charge is 0.477 e. The van der Waals surface area contributed by atoms with E-state index in [-0.39, 0.29) is 10.6 Å². The minimum atomic E-state index is -3.85. The van der Waals surface area contributed by atoms with E-state index in [0.29, 0.717) is 22.0 Å². The zero-order valence-electron chi connectivity index (χ0n) is 9.61. The van der Waals surface area contributed by atoms with Crippen LogP contribution in [0.1, 0.15) is 21.6 Å². The summed E-state index contributed by atoms with van der Waals surface area (Å²) >= 11 is 0. The molecule has 0 spiro atoms. The van der Waals surface area contributed by atoms with Gasteiger partial charge >= 0.3 is 5.97 Å². The lowest BCUT2D eigenvalue weighted by atomic mass is 10.1. The molecule has 7 heteroatoms. The van der Waals surface area contributed by atoms with E-state index in [1.54, 1.807) is 13.8 Å². The number of nitrogens with one attached hydrogen (secondary N) is 1. The van der Waals surface area contributed by atoms with Crippen LogP contribution in [0.15, 0.2) is 17.0 Å². The van der Waals surface area contributed by atoms with Crippen LogP contribution in [0.2, 0.25) is 0 Å². The summed E-state index contributed by atoms with van der Waals surface area (Å²) in [6.45, 7) is 3.28. The molecule has 1 aromatic heterocycles. The summed E-state index contributed by atoms with van der Waals surface area (Å²) in [5, 5.41) is 9.47. The van der Waals surface area contributed by atoms with E-state index in [2.05, 4.69) is 4.98 Å². The van der Waals surface area contributed by atoms with Crippen molar-refractivity contribution < 1.29 is 18.3 Å². The molecule has 0 aliphatic heterocycles. The molecule has 18 heavy (non-hydrogen) atoms. The number of aromatic carboxylic acids is 1. The summed E-state index contributed by atoms with van der Waals surface area (Å²) in [6, 6.07) is 2.84. The number of hydrogen-bond donors (Lipinski definition) is 2. The molecule has 0 fully saturated rings. The van der Waals surface area contributed by atoms with Crippen molar-refractivity contribution in [2.24, 2.45) is 0 Å². The summed E-state index contributed by atoms with van der Waals surface area (Å²) in [5.41, 5.74) is 1.69. The maximum absolute atomic E-state index is 11.4. The van der Waals surface area contributed by atoms with Gasteiger partial charge in [-0.1, -0.05) is 0 Å². The number of carboxylic acid groups (broad SMARTS) is 1. The molecule has 1 heterocycles. The summed E-state index contributed by atoms with van der Waals surface area (Å²) < 4.78 is 22.9. The van der Waals surface area contributed by atoms with Gasteiger partial charge < -0.3 is 10.1 Å². The Morgan fingerprint density at radius 1 is 1.33 bits per heavy atom. The van der Waals surface area contributed by atoms with Gasteiger partial charge in [0.05, 0.1) is 4.90 Å². The first kappa shape index (κ1) is 12.9. The Kier molecular flexibility index (Phi) is 2.87. The average molecular weight is 288 g/mol. The third kappa shape index (κ3) is 1.97. The second-order valence-electron chi connectivity index (χ2n) is 4.03. The molecule has 0 unspecified atom stereocenters. The lowest BCUT2D eigenvalue weighted by Crippen LogP contribution is -1.96. The summed E-state index contributed by atoms with van der Waals surface area (Å²) in [7, 11) is 1.50. The van der Waals surface area contributed by atoms with E-state index in [1.807, 2.05) is 0 Å². The molecule has 0 amide bonds. The van der Waals surface area contributed by atoms with Crippen molar-refractivity contribution in [2.45, 2.75) is 18.7 Å². The van der Waals surface area contributed by atoms with E-state index in [4.69, 9.17) is 15.8 Å². The number of carbonyl (C=O) groups is 1. The number of H-pyrrole nitrogens is 1. The fourth-order valence-corrected chi connectivity index (χ4v) is 3.21. The average Bonchev–Trinajstić information content (AvgIpc) is 2.67. The van der Waals surface area contributed by atoms with Gasteiger partial charge in [-0.2, -0.15) is 0 Å². The van der Waals surface area contributed by atoms with Crippen LogP contribution in [0.4, 0.5) is 0 Å². The normalized spacial score (nSPS) is 11.9. The molecule has 0 saturated carbocycles. The Morgan fingerprint density at radius 3 is 2.44 bits per heavy atom. The number of aromatic amines is 1. The second-order valence-corrected chi connectivity index (χ2v) is 6.57. The number of hydrogen-bond acceptors (Lipinski definition) is 3. The van der Waals surface area contributed by atoms with Crippen LogP contribution in [0.3, 0.4) is 0 Å². The molecule has 2 rings (SSSR count). The van der Waals surface area contributed by atoms with Crippen LogP contribution in [0.5, 0.6) is 0 Å². The molecule has 0 bridgehead atoms. The van der Waals surface area contributed by atoms with Crippen molar-refractivity contribution in [3.8, 4) is 0 Å². The zero-order valence-corrected chi connectivity index (χ0v) is 11.2. The van der Waals surface area contributed by atoms with Gasteiger partial charge in [-0.05, 0) is 37.1 Å². The minimum Gasteiger partial charge on any atom is -0.477 e. The summed E-state index contributed by atoms with van der Waals surface area (Å²) in [4.78, 5) is 13.6. The zero-order chi connectivity index (χ0) is 13.7. The highest BCUT2D eigenvalue weighted by Gasteiger charge is 2.19. The Hall–Kier alpha value is -1.53. The number of halogens is 1. The van der Waals surface area contributed by atoms with Gasteiger partial charge in [0.15, 0.2) is 0 Å². The highest BCUT2D eigenvalue weighted by molar-refractivity contribution is 8.13. The van der Waals surface area contributed by atoms with Gasteiger partial charge in [-0.15, -0.1) is 0 Å². The number of rotatable bonds is 2. The molecule has 0 atom stereocenters. The van der Waals surface area contributed by atoms with Crippen molar-refractivity contribution in [3.05, 3.63) is 29.0 Å². The fourth-order valence-electron chi connectivity index (χ4n) is 1.94. The van der Waals surface area contributed by atoms with Crippen molar-refractivity contribution in [3.63, 3.8) is 0 Å². The van der Waals surface area contributed by atoms with Crippen LogP contribution in [-0.4, -0.2) is 24.5 Å². The lowest BCUT2D eigenvalue weighted by Gasteiger charge is -2.06. The predicted molar refractivity (Wildman–Crippen MR) is 67.8 cm³/mol. The monoisotopic (exact) mass is 287 g/mol. The van der Waals surface area contributed by atoms with Crippen LogP contribution in [-0.2, 0) is 9.05 Å². The maximum atomic E-state index is 11.4. The van der Waals surface area contributed by atoms with Crippen molar-refractivity contribution >= 4 is 36.6 Å². The number of aromatic nitrogens is 1. The molecule has 0 radical (unpaired) electrons. The molecular weight excluding hydrogens is 278 g/mol. The molecular formula is C11H10ClNO4S. The maximum Gasteiger partial charge on any atom is 0.352 e. The highest BCUT2D eigenvalue weighted by Crippen LogP contribution is 2.30. The molecule has 1 aromatic carbocycles. The number of fused-ring (bicyclic) bond motifs is 1. The number of carboxylic acids is 1. The van der Waals surface area contributed by atoms with Crippen molar-refractivity contribution in [2.75, 3.05) is 0 Å². The van der Waals surface area contributed by atoms with Crippen LogP contribution < -0.4 is 0 Å². The van der Waals surface area contributed by atoms with Crippen molar-refractivity contribution in [1.29, 1.82) is 0 Å². The molecule has 0 aliphatic carbocycles. The third-order valence-corrected chi connectivity index (χ3v) is 4.27. The Labute approximate surface area is 108 Å². The smallest absolute Gasteiger partial charge is 0.352 e.